The molecule has 0 N–H and O–H groups in total. The molecule has 0 spiro atoms. The second kappa shape index (κ2) is 1.81. The Balaban J connectivity index is 2.40. The van der Waals surface area contributed by atoms with E-state index in [9.17, 15) is 4.79 Å². The van der Waals surface area contributed by atoms with Gasteiger partial charge in [0.15, 0.2) is 5.78 Å². The van der Waals surface area contributed by atoms with Gasteiger partial charge in [0.2, 0.25) is 0 Å². The topological polar surface area (TPSA) is 20.3 Å². The van der Waals surface area contributed by atoms with Crippen molar-refractivity contribution in [1.82, 2.24) is 4.90 Å². The molecule has 0 radical (unpaired) electrons. The summed E-state index contributed by atoms with van der Waals surface area (Å²) in [4.78, 5) is 12.7. The van der Waals surface area contributed by atoms with Crippen LogP contribution in [0.15, 0.2) is 0 Å². The van der Waals surface area contributed by atoms with Crippen molar-refractivity contribution in [2.75, 3.05) is 13.1 Å². The molecular weight excluding hydrogens is 114 g/mol. The highest BCUT2D eigenvalue weighted by Crippen LogP contribution is 2.17. The van der Waals surface area contributed by atoms with Crippen LogP contribution in [-0.4, -0.2) is 29.3 Å². The molecule has 0 atom stereocenters. The summed E-state index contributed by atoms with van der Waals surface area (Å²) in [5, 5.41) is 0. The molecule has 2 nitrogen and oxygen atoms in total. The minimum absolute atomic E-state index is 0.188. The van der Waals surface area contributed by atoms with Crippen molar-refractivity contribution in [2.45, 2.75) is 26.3 Å². The summed E-state index contributed by atoms with van der Waals surface area (Å²) in [5.74, 6) is 0.366. The van der Waals surface area contributed by atoms with E-state index in [1.165, 1.54) is 0 Å². The number of likely N-dealkylation sites (tertiary alicyclic amines) is 1. The summed E-state index contributed by atoms with van der Waals surface area (Å²) in [6.07, 6.45) is 0. The third-order valence-corrected chi connectivity index (χ3v) is 1.68. The Morgan fingerprint density at radius 2 is 1.78 bits per heavy atom. The molecule has 1 saturated heterocycles. The van der Waals surface area contributed by atoms with E-state index in [2.05, 4.69) is 25.7 Å². The van der Waals surface area contributed by atoms with E-state index < -0.39 is 0 Å². The lowest BCUT2D eigenvalue weighted by molar-refractivity contribution is -0.133. The second-order valence-corrected chi connectivity index (χ2v) is 3.57. The van der Waals surface area contributed by atoms with Crippen LogP contribution in [0.5, 0.6) is 0 Å². The van der Waals surface area contributed by atoms with Gasteiger partial charge in [0.05, 0.1) is 13.1 Å². The van der Waals surface area contributed by atoms with Crippen molar-refractivity contribution in [1.29, 1.82) is 0 Å². The zero-order chi connectivity index (χ0) is 7.07. The van der Waals surface area contributed by atoms with Crippen LogP contribution in [0.3, 0.4) is 0 Å². The van der Waals surface area contributed by atoms with Gasteiger partial charge < -0.3 is 0 Å². The van der Waals surface area contributed by atoms with Gasteiger partial charge in [-0.1, -0.05) is 0 Å². The minimum Gasteiger partial charge on any atom is -0.297 e. The van der Waals surface area contributed by atoms with Crippen molar-refractivity contribution < 1.29 is 4.79 Å². The third-order valence-electron chi connectivity index (χ3n) is 1.68. The number of rotatable bonds is 0. The molecule has 0 aromatic carbocycles. The highest BCUT2D eigenvalue weighted by Gasteiger charge is 2.32. The van der Waals surface area contributed by atoms with Crippen molar-refractivity contribution in [2.24, 2.45) is 0 Å². The molecule has 1 rings (SSSR count). The molecule has 2 heteroatoms. The summed E-state index contributed by atoms with van der Waals surface area (Å²) in [5.41, 5.74) is 0.188. The van der Waals surface area contributed by atoms with Crippen LogP contribution in [0.4, 0.5) is 0 Å². The average molecular weight is 127 g/mol. The van der Waals surface area contributed by atoms with Crippen LogP contribution >= 0.6 is 0 Å². The fourth-order valence-corrected chi connectivity index (χ4v) is 0.854. The maximum absolute atomic E-state index is 10.5. The van der Waals surface area contributed by atoms with Crippen molar-refractivity contribution in [3.8, 4) is 0 Å². The molecule has 0 unspecified atom stereocenters. The number of nitrogens with zero attached hydrogens (tertiary/aromatic N) is 1. The molecule has 0 aromatic rings. The van der Waals surface area contributed by atoms with Crippen molar-refractivity contribution in [3.63, 3.8) is 0 Å². The van der Waals surface area contributed by atoms with Gasteiger partial charge in [-0.05, 0) is 20.8 Å². The first-order valence-electron chi connectivity index (χ1n) is 3.27. The largest absolute Gasteiger partial charge is 0.297 e. The fourth-order valence-electron chi connectivity index (χ4n) is 0.854. The Morgan fingerprint density at radius 1 is 1.33 bits per heavy atom. The first-order chi connectivity index (χ1) is 4.00. The van der Waals surface area contributed by atoms with Crippen LogP contribution in [0.1, 0.15) is 20.8 Å². The number of hydrogen-bond acceptors (Lipinski definition) is 2. The summed E-state index contributed by atoms with van der Waals surface area (Å²) in [6.45, 7) is 7.69. The number of ketones is 1. The summed E-state index contributed by atoms with van der Waals surface area (Å²) < 4.78 is 0. The maximum atomic E-state index is 10.5. The molecule has 9 heavy (non-hydrogen) atoms. The van der Waals surface area contributed by atoms with Crippen LogP contribution in [0, 0.1) is 0 Å². The lowest BCUT2D eigenvalue weighted by Crippen LogP contribution is -2.56. The molecule has 0 amide bonds. The Morgan fingerprint density at radius 3 is 1.89 bits per heavy atom. The normalized spacial score (nSPS) is 21.9. The Labute approximate surface area is 55.8 Å². The average Bonchev–Trinajstić information content (AvgIpc) is 1.55. The highest BCUT2D eigenvalue weighted by molar-refractivity contribution is 5.87. The first-order valence-corrected chi connectivity index (χ1v) is 3.27. The molecule has 0 aliphatic carbocycles. The molecule has 1 fully saturated rings. The van der Waals surface area contributed by atoms with Gasteiger partial charge in [0, 0.05) is 5.54 Å². The van der Waals surface area contributed by atoms with Gasteiger partial charge >= 0.3 is 0 Å². The van der Waals surface area contributed by atoms with E-state index in [1.807, 2.05) is 0 Å². The smallest absolute Gasteiger partial charge is 0.160 e. The van der Waals surface area contributed by atoms with E-state index >= 15 is 0 Å². The molecule has 0 saturated carbocycles. The zero-order valence-electron chi connectivity index (χ0n) is 6.27. The molecular formula is C7H13NO. The van der Waals surface area contributed by atoms with Crippen LogP contribution in [0.25, 0.3) is 0 Å². The molecule has 1 heterocycles. The molecule has 52 valence electrons. The van der Waals surface area contributed by atoms with E-state index in [1.54, 1.807) is 0 Å². The number of hydrogen-bond donors (Lipinski definition) is 0. The minimum atomic E-state index is 0.188. The molecule has 0 aromatic heterocycles. The Bertz CT molecular complexity index is 126. The van der Waals surface area contributed by atoms with Crippen molar-refractivity contribution >= 4 is 5.78 Å². The van der Waals surface area contributed by atoms with Gasteiger partial charge in [-0.25, -0.2) is 0 Å². The predicted octanol–water partition coefficient (Wildman–Crippen LogP) is 0.670. The number of carbonyl (C=O) groups excluding carboxylic acids is 1. The van der Waals surface area contributed by atoms with Gasteiger partial charge in [-0.3, -0.25) is 9.69 Å². The van der Waals surface area contributed by atoms with Crippen LogP contribution < -0.4 is 0 Å². The quantitative estimate of drug-likeness (QED) is 0.476. The van der Waals surface area contributed by atoms with Gasteiger partial charge in [-0.2, -0.15) is 0 Å². The Kier molecular flexibility index (Phi) is 1.35. The first kappa shape index (κ1) is 6.75. The van der Waals surface area contributed by atoms with Crippen molar-refractivity contribution in [3.05, 3.63) is 0 Å². The fraction of sp³-hybridized carbons (Fsp3) is 0.857. The zero-order valence-corrected chi connectivity index (χ0v) is 6.27. The van der Waals surface area contributed by atoms with Crippen LogP contribution in [-0.2, 0) is 4.79 Å². The van der Waals surface area contributed by atoms with E-state index in [4.69, 9.17) is 0 Å². The number of Topliss-reactive ketones (excluding diaryl/α,β-unsaturated/α-hetero) is 1. The summed E-state index contributed by atoms with van der Waals surface area (Å²) in [7, 11) is 0. The standard InChI is InChI=1S/C7H13NO/c1-7(2,3)8-4-6(9)5-8/h4-5H2,1-3H3. The van der Waals surface area contributed by atoms with Crippen LogP contribution in [0.2, 0.25) is 0 Å². The second-order valence-electron chi connectivity index (χ2n) is 3.57. The van der Waals surface area contributed by atoms with Gasteiger partial charge in [-0.15, -0.1) is 0 Å². The molecule has 1 aliphatic rings. The predicted molar refractivity (Wildman–Crippen MR) is 36.3 cm³/mol. The molecule has 0 bridgehead atoms. The third kappa shape index (κ3) is 1.30. The number of carbonyl (C=O) groups is 1. The summed E-state index contributed by atoms with van der Waals surface area (Å²) >= 11 is 0. The van der Waals surface area contributed by atoms with Gasteiger partial charge in [0.1, 0.15) is 0 Å². The summed E-state index contributed by atoms with van der Waals surface area (Å²) in [6, 6.07) is 0. The van der Waals surface area contributed by atoms with E-state index in [0.717, 1.165) is 0 Å². The SMILES string of the molecule is CC(C)(C)N1CC(=O)C1. The Hall–Kier alpha value is -0.370. The maximum Gasteiger partial charge on any atom is 0.160 e. The van der Waals surface area contributed by atoms with Gasteiger partial charge in [0.25, 0.3) is 0 Å². The van der Waals surface area contributed by atoms with E-state index in [-0.39, 0.29) is 5.54 Å². The lowest BCUT2D eigenvalue weighted by atomic mass is 10.0. The van der Waals surface area contributed by atoms with E-state index in [0.29, 0.717) is 18.9 Å². The lowest BCUT2D eigenvalue weighted by Gasteiger charge is -2.40. The molecule has 1 aliphatic heterocycles. The monoisotopic (exact) mass is 127 g/mol. The highest BCUT2D eigenvalue weighted by atomic mass is 16.1.